The molecule has 1 aliphatic rings. The molecular formula is C16H25NO4. The molecule has 1 heterocycles. The minimum absolute atomic E-state index is 0.0410. The average molecular weight is 295 g/mol. The summed E-state index contributed by atoms with van der Waals surface area (Å²) in [5.41, 5.74) is 1.05. The molecule has 5 heteroatoms. The van der Waals surface area contributed by atoms with Gasteiger partial charge in [-0.15, -0.1) is 0 Å². The molecule has 0 bridgehead atoms. The van der Waals surface area contributed by atoms with Crippen LogP contribution in [0.4, 0.5) is 0 Å². The number of rotatable bonds is 7. The summed E-state index contributed by atoms with van der Waals surface area (Å²) in [6, 6.07) is 3.93. The number of ether oxygens (including phenoxy) is 4. The molecule has 0 aliphatic carbocycles. The Hall–Kier alpha value is -1.46. The minimum atomic E-state index is -0.0410. The summed E-state index contributed by atoms with van der Waals surface area (Å²) in [6.07, 6.45) is 2.25. The smallest absolute Gasteiger partial charge is 0.203 e. The van der Waals surface area contributed by atoms with Gasteiger partial charge in [0.15, 0.2) is 11.5 Å². The zero-order valence-corrected chi connectivity index (χ0v) is 13.3. The van der Waals surface area contributed by atoms with Gasteiger partial charge in [0.2, 0.25) is 5.75 Å². The van der Waals surface area contributed by atoms with Crippen molar-refractivity contribution < 1.29 is 18.9 Å². The van der Waals surface area contributed by atoms with Crippen molar-refractivity contribution in [2.24, 2.45) is 0 Å². The second-order valence-electron chi connectivity index (χ2n) is 5.54. The van der Waals surface area contributed by atoms with Crippen molar-refractivity contribution in [3.8, 4) is 17.2 Å². The molecular weight excluding hydrogens is 270 g/mol. The van der Waals surface area contributed by atoms with E-state index in [4.69, 9.17) is 18.9 Å². The number of hydrogen-bond donors (Lipinski definition) is 1. The second kappa shape index (κ2) is 7.00. The Bertz CT molecular complexity index is 444. The van der Waals surface area contributed by atoms with Crippen LogP contribution in [-0.4, -0.2) is 40.1 Å². The predicted octanol–water partition coefficient (Wildman–Crippen LogP) is 2.37. The van der Waals surface area contributed by atoms with Crippen LogP contribution in [0, 0.1) is 0 Å². The number of hydrogen-bond acceptors (Lipinski definition) is 5. The summed E-state index contributed by atoms with van der Waals surface area (Å²) in [4.78, 5) is 0. The molecule has 0 aromatic heterocycles. The molecule has 1 aromatic carbocycles. The van der Waals surface area contributed by atoms with Gasteiger partial charge in [-0.3, -0.25) is 0 Å². The molecule has 21 heavy (non-hydrogen) atoms. The fourth-order valence-corrected chi connectivity index (χ4v) is 2.68. The zero-order valence-electron chi connectivity index (χ0n) is 13.3. The SMILES string of the molecule is COc1cc(CNCC2(C)CCCO2)cc(OC)c1OC. The lowest BCUT2D eigenvalue weighted by atomic mass is 10.0. The van der Waals surface area contributed by atoms with E-state index in [-0.39, 0.29) is 5.60 Å². The first-order valence-corrected chi connectivity index (χ1v) is 7.25. The predicted molar refractivity (Wildman–Crippen MR) is 81.4 cm³/mol. The lowest BCUT2D eigenvalue weighted by Gasteiger charge is -2.23. The normalized spacial score (nSPS) is 21.3. The van der Waals surface area contributed by atoms with Crippen molar-refractivity contribution in [1.29, 1.82) is 0 Å². The van der Waals surface area contributed by atoms with Crippen LogP contribution in [0.2, 0.25) is 0 Å². The fourth-order valence-electron chi connectivity index (χ4n) is 2.68. The van der Waals surface area contributed by atoms with Crippen molar-refractivity contribution >= 4 is 0 Å². The third-order valence-electron chi connectivity index (χ3n) is 3.85. The van der Waals surface area contributed by atoms with Gasteiger partial charge in [0, 0.05) is 19.7 Å². The molecule has 0 saturated carbocycles. The van der Waals surface area contributed by atoms with E-state index in [1.807, 2.05) is 12.1 Å². The van der Waals surface area contributed by atoms with E-state index in [9.17, 15) is 0 Å². The maximum atomic E-state index is 5.77. The van der Waals surface area contributed by atoms with Crippen LogP contribution in [-0.2, 0) is 11.3 Å². The highest BCUT2D eigenvalue weighted by molar-refractivity contribution is 5.53. The van der Waals surface area contributed by atoms with Gasteiger partial charge in [0.25, 0.3) is 0 Å². The number of methoxy groups -OCH3 is 3. The van der Waals surface area contributed by atoms with Gasteiger partial charge in [-0.25, -0.2) is 0 Å². The quantitative estimate of drug-likeness (QED) is 0.837. The van der Waals surface area contributed by atoms with Gasteiger partial charge < -0.3 is 24.3 Å². The van der Waals surface area contributed by atoms with E-state index in [0.29, 0.717) is 17.2 Å². The third-order valence-corrected chi connectivity index (χ3v) is 3.85. The van der Waals surface area contributed by atoms with Gasteiger partial charge >= 0.3 is 0 Å². The van der Waals surface area contributed by atoms with Gasteiger partial charge in [0.1, 0.15) is 0 Å². The lowest BCUT2D eigenvalue weighted by Crippen LogP contribution is -2.36. The highest BCUT2D eigenvalue weighted by Gasteiger charge is 2.29. The molecule has 5 nitrogen and oxygen atoms in total. The summed E-state index contributed by atoms with van der Waals surface area (Å²) in [6.45, 7) is 4.59. The van der Waals surface area contributed by atoms with Crippen molar-refractivity contribution in [3.05, 3.63) is 17.7 Å². The molecule has 0 radical (unpaired) electrons. The van der Waals surface area contributed by atoms with E-state index in [1.165, 1.54) is 0 Å². The molecule has 1 N–H and O–H groups in total. The van der Waals surface area contributed by atoms with E-state index in [2.05, 4.69) is 12.2 Å². The molecule has 1 saturated heterocycles. The Morgan fingerprint density at radius 3 is 2.29 bits per heavy atom. The molecule has 1 aromatic rings. The molecule has 1 atom stereocenters. The average Bonchev–Trinajstić information content (AvgIpc) is 2.92. The molecule has 0 spiro atoms. The highest BCUT2D eigenvalue weighted by Crippen LogP contribution is 2.38. The Morgan fingerprint density at radius 2 is 1.81 bits per heavy atom. The van der Waals surface area contributed by atoms with Crippen LogP contribution in [0.3, 0.4) is 0 Å². The summed E-state index contributed by atoms with van der Waals surface area (Å²) >= 11 is 0. The fraction of sp³-hybridized carbons (Fsp3) is 0.625. The van der Waals surface area contributed by atoms with Crippen LogP contribution in [0.15, 0.2) is 12.1 Å². The van der Waals surface area contributed by atoms with Crippen molar-refractivity contribution in [2.45, 2.75) is 31.9 Å². The Labute approximate surface area is 126 Å². The van der Waals surface area contributed by atoms with Gasteiger partial charge in [-0.2, -0.15) is 0 Å². The summed E-state index contributed by atoms with van der Waals surface area (Å²) < 4.78 is 21.8. The summed E-state index contributed by atoms with van der Waals surface area (Å²) in [5.74, 6) is 1.98. The molecule has 1 aliphatic heterocycles. The van der Waals surface area contributed by atoms with Gasteiger partial charge in [-0.05, 0) is 37.5 Å². The second-order valence-corrected chi connectivity index (χ2v) is 5.54. The molecule has 118 valence electrons. The van der Waals surface area contributed by atoms with Gasteiger partial charge in [0.05, 0.1) is 26.9 Å². The lowest BCUT2D eigenvalue weighted by molar-refractivity contribution is 0.0207. The van der Waals surface area contributed by atoms with Crippen molar-refractivity contribution in [3.63, 3.8) is 0 Å². The zero-order chi connectivity index (χ0) is 15.3. The summed E-state index contributed by atoms with van der Waals surface area (Å²) in [5, 5.41) is 3.45. The largest absolute Gasteiger partial charge is 0.493 e. The highest BCUT2D eigenvalue weighted by atomic mass is 16.5. The first-order chi connectivity index (χ1) is 10.1. The van der Waals surface area contributed by atoms with Crippen LogP contribution in [0.1, 0.15) is 25.3 Å². The Balaban J connectivity index is 2.02. The number of benzene rings is 1. The van der Waals surface area contributed by atoms with Crippen LogP contribution in [0.5, 0.6) is 17.2 Å². The van der Waals surface area contributed by atoms with Crippen LogP contribution < -0.4 is 19.5 Å². The van der Waals surface area contributed by atoms with Crippen LogP contribution in [0.25, 0.3) is 0 Å². The van der Waals surface area contributed by atoms with E-state index in [1.54, 1.807) is 21.3 Å². The maximum Gasteiger partial charge on any atom is 0.203 e. The minimum Gasteiger partial charge on any atom is -0.493 e. The molecule has 1 unspecified atom stereocenters. The van der Waals surface area contributed by atoms with Crippen molar-refractivity contribution in [2.75, 3.05) is 34.5 Å². The Kier molecular flexibility index (Phi) is 5.31. The topological polar surface area (TPSA) is 49.0 Å². The van der Waals surface area contributed by atoms with E-state index in [0.717, 1.165) is 38.1 Å². The first kappa shape index (κ1) is 15.9. The third kappa shape index (κ3) is 3.80. The molecule has 2 rings (SSSR count). The van der Waals surface area contributed by atoms with Crippen LogP contribution >= 0.6 is 0 Å². The molecule has 1 fully saturated rings. The van der Waals surface area contributed by atoms with E-state index >= 15 is 0 Å². The monoisotopic (exact) mass is 295 g/mol. The van der Waals surface area contributed by atoms with Crippen molar-refractivity contribution in [1.82, 2.24) is 5.32 Å². The Morgan fingerprint density at radius 1 is 1.14 bits per heavy atom. The molecule has 0 amide bonds. The van der Waals surface area contributed by atoms with Gasteiger partial charge in [-0.1, -0.05) is 0 Å². The first-order valence-electron chi connectivity index (χ1n) is 7.25. The number of nitrogens with one attached hydrogen (secondary N) is 1. The maximum absolute atomic E-state index is 5.77. The summed E-state index contributed by atoms with van der Waals surface area (Å²) in [7, 11) is 4.86. The standard InChI is InChI=1S/C16H25NO4/c1-16(6-5-7-21-16)11-17-10-12-8-13(18-2)15(20-4)14(9-12)19-3/h8-9,17H,5-7,10-11H2,1-4H3. The van der Waals surface area contributed by atoms with E-state index < -0.39 is 0 Å².